The van der Waals surface area contributed by atoms with E-state index in [2.05, 4.69) is 10.3 Å². The van der Waals surface area contributed by atoms with Crippen molar-refractivity contribution >= 4 is 51.7 Å². The van der Waals surface area contributed by atoms with Gasteiger partial charge >= 0.3 is 5.97 Å². The van der Waals surface area contributed by atoms with Crippen LogP contribution in [0.2, 0.25) is 10.0 Å². The van der Waals surface area contributed by atoms with Gasteiger partial charge in [0.2, 0.25) is 0 Å². The lowest BCUT2D eigenvalue weighted by molar-refractivity contribution is -0.123. The van der Waals surface area contributed by atoms with Crippen molar-refractivity contribution in [3.63, 3.8) is 0 Å². The van der Waals surface area contributed by atoms with Gasteiger partial charge in [-0.15, -0.1) is 0 Å². The molecule has 0 unspecified atom stereocenters. The van der Waals surface area contributed by atoms with Crippen LogP contribution in [-0.2, 0) is 9.53 Å². The molecular formula is C18H14Cl2N2O3. The van der Waals surface area contributed by atoms with Gasteiger partial charge in [-0.1, -0.05) is 41.4 Å². The number of fused-ring (bicyclic) bond motifs is 1. The van der Waals surface area contributed by atoms with E-state index < -0.39 is 18.0 Å². The lowest BCUT2D eigenvalue weighted by Crippen LogP contribution is -2.30. The number of hydrogen-bond donors (Lipinski definition) is 2. The second-order valence-corrected chi connectivity index (χ2v) is 6.25. The molecule has 0 aliphatic carbocycles. The summed E-state index contributed by atoms with van der Waals surface area (Å²) in [6, 6.07) is 12.0. The molecule has 25 heavy (non-hydrogen) atoms. The number of H-pyrrole nitrogens is 1. The molecule has 2 N–H and O–H groups in total. The number of halogens is 2. The van der Waals surface area contributed by atoms with Crippen molar-refractivity contribution in [1.82, 2.24) is 4.98 Å². The number of carbonyl (C=O) groups excluding carboxylic acids is 2. The third-order valence-electron chi connectivity index (χ3n) is 3.65. The first-order valence-electron chi connectivity index (χ1n) is 7.48. The van der Waals surface area contributed by atoms with E-state index in [0.29, 0.717) is 21.3 Å². The highest BCUT2D eigenvalue weighted by atomic mass is 35.5. The van der Waals surface area contributed by atoms with Crippen LogP contribution >= 0.6 is 23.2 Å². The molecule has 0 aliphatic heterocycles. The number of benzene rings is 2. The van der Waals surface area contributed by atoms with Crippen LogP contribution in [0.4, 0.5) is 5.69 Å². The van der Waals surface area contributed by atoms with Crippen molar-refractivity contribution in [3.8, 4) is 0 Å². The molecule has 1 amide bonds. The summed E-state index contributed by atoms with van der Waals surface area (Å²) in [6.45, 7) is 1.49. The molecule has 0 saturated carbocycles. The first-order chi connectivity index (χ1) is 12.0. The van der Waals surface area contributed by atoms with Gasteiger partial charge in [-0.3, -0.25) is 4.79 Å². The Morgan fingerprint density at radius 1 is 1.16 bits per heavy atom. The number of amides is 1. The second-order valence-electron chi connectivity index (χ2n) is 5.41. The number of esters is 1. The summed E-state index contributed by atoms with van der Waals surface area (Å²) in [4.78, 5) is 27.6. The van der Waals surface area contributed by atoms with Gasteiger partial charge < -0.3 is 15.0 Å². The topological polar surface area (TPSA) is 71.2 Å². The largest absolute Gasteiger partial charge is 0.449 e. The molecule has 1 heterocycles. The van der Waals surface area contributed by atoms with Gasteiger partial charge in [-0.05, 0) is 31.2 Å². The van der Waals surface area contributed by atoms with Crippen molar-refractivity contribution in [3.05, 3.63) is 64.3 Å². The van der Waals surface area contributed by atoms with E-state index in [9.17, 15) is 9.59 Å². The van der Waals surface area contributed by atoms with Crippen LogP contribution < -0.4 is 5.32 Å². The fourth-order valence-electron chi connectivity index (χ4n) is 2.35. The van der Waals surface area contributed by atoms with Gasteiger partial charge in [0.05, 0.1) is 16.3 Å². The van der Waals surface area contributed by atoms with Gasteiger partial charge in [0.1, 0.15) is 0 Å². The Bertz CT molecular complexity index is 952. The number of hydrogen-bond acceptors (Lipinski definition) is 3. The maximum atomic E-state index is 12.3. The van der Waals surface area contributed by atoms with E-state index in [-0.39, 0.29) is 0 Å². The minimum Gasteiger partial charge on any atom is -0.449 e. The van der Waals surface area contributed by atoms with Crippen molar-refractivity contribution < 1.29 is 14.3 Å². The number of nitrogens with one attached hydrogen (secondary N) is 2. The van der Waals surface area contributed by atoms with Crippen LogP contribution in [-0.4, -0.2) is 23.0 Å². The molecule has 2 aromatic carbocycles. The Hall–Kier alpha value is -2.50. The molecule has 1 atom stereocenters. The molecule has 0 aliphatic rings. The number of para-hydroxylation sites is 1. The normalized spacial score (nSPS) is 12.0. The number of anilines is 1. The molecule has 0 spiro atoms. The summed E-state index contributed by atoms with van der Waals surface area (Å²) in [5, 5.41) is 4.11. The van der Waals surface area contributed by atoms with E-state index in [1.165, 1.54) is 13.0 Å². The molecule has 5 nitrogen and oxygen atoms in total. The Morgan fingerprint density at radius 2 is 1.92 bits per heavy atom. The Kier molecular flexibility index (Phi) is 4.97. The Morgan fingerprint density at radius 3 is 2.72 bits per heavy atom. The minimum atomic E-state index is -1.00. The standard InChI is InChI=1S/C18H14Cl2N2O3/c1-10(17(23)22-16-8-11(19)6-7-14(16)20)25-18(24)13-9-21-15-5-3-2-4-12(13)15/h2-10,21H,1H3,(H,22,23)/t10-/m1/s1. The number of aromatic amines is 1. The van der Waals surface area contributed by atoms with Crippen LogP contribution in [0.3, 0.4) is 0 Å². The highest BCUT2D eigenvalue weighted by Crippen LogP contribution is 2.26. The van der Waals surface area contributed by atoms with Gasteiger partial charge in [0, 0.05) is 22.1 Å². The molecule has 0 radical (unpaired) electrons. The summed E-state index contributed by atoms with van der Waals surface area (Å²) < 4.78 is 5.26. The quantitative estimate of drug-likeness (QED) is 0.650. The van der Waals surface area contributed by atoms with Crippen molar-refractivity contribution in [1.29, 1.82) is 0 Å². The molecule has 3 rings (SSSR count). The fourth-order valence-corrected chi connectivity index (χ4v) is 2.68. The molecule has 3 aromatic rings. The van der Waals surface area contributed by atoms with Crippen molar-refractivity contribution in [2.45, 2.75) is 13.0 Å². The smallest absolute Gasteiger partial charge is 0.341 e. The minimum absolute atomic E-state index is 0.341. The second kappa shape index (κ2) is 7.17. The van der Waals surface area contributed by atoms with Crippen LogP contribution in [0.25, 0.3) is 10.9 Å². The average molecular weight is 377 g/mol. The lowest BCUT2D eigenvalue weighted by atomic mass is 10.2. The summed E-state index contributed by atoms with van der Waals surface area (Å²) in [5.74, 6) is -1.09. The number of aromatic nitrogens is 1. The van der Waals surface area contributed by atoms with Gasteiger partial charge in [-0.25, -0.2) is 4.79 Å². The highest BCUT2D eigenvalue weighted by molar-refractivity contribution is 6.35. The lowest BCUT2D eigenvalue weighted by Gasteiger charge is -2.14. The van der Waals surface area contributed by atoms with Crippen molar-refractivity contribution in [2.24, 2.45) is 0 Å². The maximum absolute atomic E-state index is 12.3. The molecule has 7 heteroatoms. The van der Waals surface area contributed by atoms with Crippen LogP contribution in [0.1, 0.15) is 17.3 Å². The molecular weight excluding hydrogens is 363 g/mol. The zero-order valence-electron chi connectivity index (χ0n) is 13.2. The van der Waals surface area contributed by atoms with Gasteiger partial charge in [0.15, 0.2) is 6.10 Å². The fraction of sp³-hybridized carbons (Fsp3) is 0.111. The predicted molar refractivity (Wildman–Crippen MR) is 98.3 cm³/mol. The summed E-state index contributed by atoms with van der Waals surface area (Å²) in [6.07, 6.45) is 0.557. The van der Waals surface area contributed by atoms with E-state index in [1.807, 2.05) is 18.2 Å². The molecule has 0 fully saturated rings. The average Bonchev–Trinajstić information content (AvgIpc) is 3.02. The zero-order chi connectivity index (χ0) is 18.0. The third kappa shape index (κ3) is 3.78. The number of carbonyl (C=O) groups is 2. The van der Waals surface area contributed by atoms with Gasteiger partial charge in [0.25, 0.3) is 5.91 Å². The summed E-state index contributed by atoms with van der Waals surface area (Å²) >= 11 is 11.9. The molecule has 128 valence electrons. The SMILES string of the molecule is C[C@@H](OC(=O)c1c[nH]c2ccccc12)C(=O)Nc1cc(Cl)ccc1Cl. The van der Waals surface area contributed by atoms with Crippen molar-refractivity contribution in [2.75, 3.05) is 5.32 Å². The number of rotatable bonds is 4. The zero-order valence-corrected chi connectivity index (χ0v) is 14.7. The predicted octanol–water partition coefficient (Wildman–Crippen LogP) is 4.66. The van der Waals surface area contributed by atoms with E-state index in [0.717, 1.165) is 10.9 Å². The Balaban J connectivity index is 1.71. The van der Waals surface area contributed by atoms with E-state index in [4.69, 9.17) is 27.9 Å². The summed E-state index contributed by atoms with van der Waals surface area (Å²) in [5.41, 5.74) is 1.54. The Labute approximate surface area is 153 Å². The first-order valence-corrected chi connectivity index (χ1v) is 8.24. The highest BCUT2D eigenvalue weighted by Gasteiger charge is 2.21. The van der Waals surface area contributed by atoms with E-state index in [1.54, 1.807) is 24.4 Å². The van der Waals surface area contributed by atoms with Crippen LogP contribution in [0.15, 0.2) is 48.7 Å². The maximum Gasteiger partial charge on any atom is 0.341 e. The monoisotopic (exact) mass is 376 g/mol. The van der Waals surface area contributed by atoms with Crippen LogP contribution in [0.5, 0.6) is 0 Å². The molecule has 0 saturated heterocycles. The summed E-state index contributed by atoms with van der Waals surface area (Å²) in [7, 11) is 0. The van der Waals surface area contributed by atoms with E-state index >= 15 is 0 Å². The third-order valence-corrected chi connectivity index (χ3v) is 4.21. The number of ether oxygens (including phenoxy) is 1. The van der Waals surface area contributed by atoms with Crippen LogP contribution in [0, 0.1) is 0 Å². The molecule has 0 bridgehead atoms. The van der Waals surface area contributed by atoms with Gasteiger partial charge in [-0.2, -0.15) is 0 Å². The molecule has 1 aromatic heterocycles. The first kappa shape index (κ1) is 17.3.